The highest BCUT2D eigenvalue weighted by Crippen LogP contribution is 2.58. The van der Waals surface area contributed by atoms with Gasteiger partial charge in [0.05, 0.1) is 11.7 Å². The maximum Gasteiger partial charge on any atom is 0.302 e. The number of aliphatic hydroxyl groups is 2. The van der Waals surface area contributed by atoms with Crippen molar-refractivity contribution in [2.45, 2.75) is 97.4 Å². The van der Waals surface area contributed by atoms with Crippen LogP contribution in [-0.4, -0.2) is 34.0 Å². The first kappa shape index (κ1) is 19.7. The van der Waals surface area contributed by atoms with Gasteiger partial charge in [-0.25, -0.2) is 0 Å². The molecule has 24 heavy (non-hydrogen) atoms. The van der Waals surface area contributed by atoms with Crippen molar-refractivity contribution in [2.24, 2.45) is 23.2 Å². The van der Waals surface area contributed by atoms with Gasteiger partial charge in [0.2, 0.25) is 0 Å². The predicted octanol–water partition coefficient (Wildman–Crippen LogP) is 3.68. The molecule has 4 heteroatoms. The van der Waals surface area contributed by atoms with E-state index in [1.807, 2.05) is 0 Å². The molecule has 2 rings (SSSR count). The summed E-state index contributed by atoms with van der Waals surface area (Å²) in [6, 6.07) is 0. The third-order valence-corrected chi connectivity index (χ3v) is 6.85. The SMILES string of the molecule is CC(=O)O[C@H]1CCC[C@@]2(C)C1CC[C@@H]2[C@H](C)CCC(O)C(C)(C)O. The van der Waals surface area contributed by atoms with Crippen molar-refractivity contribution in [3.63, 3.8) is 0 Å². The van der Waals surface area contributed by atoms with Crippen LogP contribution in [0.4, 0.5) is 0 Å². The van der Waals surface area contributed by atoms with Crippen molar-refractivity contribution >= 4 is 5.97 Å². The molecule has 2 saturated carbocycles. The summed E-state index contributed by atoms with van der Waals surface area (Å²) in [7, 11) is 0. The fourth-order valence-electron chi connectivity index (χ4n) is 5.42. The van der Waals surface area contributed by atoms with Crippen LogP contribution in [0, 0.1) is 23.2 Å². The lowest BCUT2D eigenvalue weighted by Crippen LogP contribution is -2.43. The summed E-state index contributed by atoms with van der Waals surface area (Å²) in [5, 5.41) is 20.0. The number of ether oxygens (including phenoxy) is 1. The van der Waals surface area contributed by atoms with Crippen LogP contribution in [0.1, 0.15) is 79.6 Å². The van der Waals surface area contributed by atoms with E-state index in [4.69, 9.17) is 4.74 Å². The Morgan fingerprint density at radius 1 is 1.29 bits per heavy atom. The van der Waals surface area contributed by atoms with Crippen LogP contribution in [0.3, 0.4) is 0 Å². The normalized spacial score (nSPS) is 36.0. The molecular formula is C20H36O4. The highest BCUT2D eigenvalue weighted by atomic mass is 16.5. The van der Waals surface area contributed by atoms with E-state index < -0.39 is 11.7 Å². The van der Waals surface area contributed by atoms with Crippen molar-refractivity contribution < 1.29 is 19.7 Å². The lowest BCUT2D eigenvalue weighted by molar-refractivity contribution is -0.155. The molecule has 0 aromatic carbocycles. The highest BCUT2D eigenvalue weighted by Gasteiger charge is 2.53. The molecule has 0 radical (unpaired) electrons. The molecule has 0 amide bonds. The molecule has 140 valence electrons. The topological polar surface area (TPSA) is 66.8 Å². The molecule has 0 aliphatic heterocycles. The molecule has 2 N–H and O–H groups in total. The van der Waals surface area contributed by atoms with Gasteiger partial charge in [0.15, 0.2) is 0 Å². The molecule has 2 aliphatic carbocycles. The van der Waals surface area contributed by atoms with E-state index in [9.17, 15) is 15.0 Å². The van der Waals surface area contributed by atoms with Gasteiger partial charge >= 0.3 is 5.97 Å². The lowest BCUT2D eigenvalue weighted by Gasteiger charge is -2.46. The fraction of sp³-hybridized carbons (Fsp3) is 0.950. The lowest BCUT2D eigenvalue weighted by atomic mass is 9.61. The Morgan fingerprint density at radius 2 is 1.96 bits per heavy atom. The number of carbonyl (C=O) groups excluding carboxylic acids is 1. The van der Waals surface area contributed by atoms with Crippen LogP contribution in [0.2, 0.25) is 0 Å². The first-order valence-electron chi connectivity index (χ1n) is 9.63. The van der Waals surface area contributed by atoms with E-state index >= 15 is 0 Å². The molecule has 4 nitrogen and oxygen atoms in total. The minimum absolute atomic E-state index is 0.0837. The fourth-order valence-corrected chi connectivity index (χ4v) is 5.42. The maximum absolute atomic E-state index is 11.4. The quantitative estimate of drug-likeness (QED) is 0.724. The first-order valence-corrected chi connectivity index (χ1v) is 9.63. The third-order valence-electron chi connectivity index (χ3n) is 6.85. The van der Waals surface area contributed by atoms with Crippen molar-refractivity contribution in [1.29, 1.82) is 0 Å². The number of fused-ring (bicyclic) bond motifs is 1. The van der Waals surface area contributed by atoms with Crippen LogP contribution in [0.5, 0.6) is 0 Å². The number of hydrogen-bond donors (Lipinski definition) is 2. The van der Waals surface area contributed by atoms with Gasteiger partial charge in [0.1, 0.15) is 6.10 Å². The van der Waals surface area contributed by atoms with Gasteiger partial charge in [-0.1, -0.05) is 13.8 Å². The van der Waals surface area contributed by atoms with E-state index in [2.05, 4.69) is 13.8 Å². The molecule has 0 heterocycles. The Hall–Kier alpha value is -0.610. The maximum atomic E-state index is 11.4. The Morgan fingerprint density at radius 3 is 2.54 bits per heavy atom. The minimum atomic E-state index is -1.03. The van der Waals surface area contributed by atoms with Gasteiger partial charge in [0.25, 0.3) is 0 Å². The molecule has 6 atom stereocenters. The largest absolute Gasteiger partial charge is 0.462 e. The second-order valence-electron chi connectivity index (χ2n) is 9.06. The molecule has 2 aliphatic rings. The van der Waals surface area contributed by atoms with E-state index in [0.717, 1.165) is 25.7 Å². The van der Waals surface area contributed by atoms with Crippen LogP contribution in [0.15, 0.2) is 0 Å². The third kappa shape index (κ3) is 4.13. The Labute approximate surface area is 147 Å². The summed E-state index contributed by atoms with van der Waals surface area (Å²) in [5.74, 6) is 1.43. The van der Waals surface area contributed by atoms with Gasteiger partial charge in [-0.15, -0.1) is 0 Å². The monoisotopic (exact) mass is 340 g/mol. The first-order chi connectivity index (χ1) is 11.1. The van der Waals surface area contributed by atoms with Gasteiger partial charge in [0, 0.05) is 12.8 Å². The van der Waals surface area contributed by atoms with Gasteiger partial charge in [-0.3, -0.25) is 4.79 Å². The number of aliphatic hydroxyl groups excluding tert-OH is 1. The molecule has 0 saturated heterocycles. The summed E-state index contributed by atoms with van der Waals surface area (Å²) in [5.41, 5.74) is -0.801. The smallest absolute Gasteiger partial charge is 0.302 e. The van der Waals surface area contributed by atoms with E-state index in [-0.39, 0.29) is 17.5 Å². The average Bonchev–Trinajstić information content (AvgIpc) is 2.81. The number of carbonyl (C=O) groups is 1. The molecule has 0 bridgehead atoms. The standard InChI is InChI=1S/C20H36O4/c1-13(8-11-18(22)19(3,4)23)15-9-10-16-17(24-14(2)21)7-6-12-20(15,16)5/h13,15-18,22-23H,6-12H2,1-5H3/t13-,15-,16?,17+,18?,20-/m1/s1. The zero-order chi connectivity index (χ0) is 18.1. The Bertz CT molecular complexity index is 441. The van der Waals surface area contributed by atoms with Crippen molar-refractivity contribution in [3.8, 4) is 0 Å². The minimum Gasteiger partial charge on any atom is -0.462 e. The van der Waals surface area contributed by atoms with Crippen LogP contribution < -0.4 is 0 Å². The Kier molecular flexibility index (Phi) is 6.02. The molecule has 2 fully saturated rings. The predicted molar refractivity (Wildman–Crippen MR) is 94.4 cm³/mol. The summed E-state index contributed by atoms with van der Waals surface area (Å²) in [4.78, 5) is 11.4. The molecule has 2 unspecified atom stereocenters. The van der Waals surface area contributed by atoms with Gasteiger partial charge < -0.3 is 14.9 Å². The summed E-state index contributed by atoms with van der Waals surface area (Å²) >= 11 is 0. The molecule has 0 aromatic rings. The van der Waals surface area contributed by atoms with Crippen LogP contribution in [0.25, 0.3) is 0 Å². The molecule has 0 spiro atoms. The van der Waals surface area contributed by atoms with E-state index in [1.165, 1.54) is 19.8 Å². The second kappa shape index (κ2) is 7.33. The Balaban J connectivity index is 2.00. The number of esters is 1. The number of rotatable bonds is 6. The molecule has 0 aromatic heterocycles. The van der Waals surface area contributed by atoms with Crippen molar-refractivity contribution in [2.75, 3.05) is 0 Å². The van der Waals surface area contributed by atoms with E-state index in [1.54, 1.807) is 13.8 Å². The van der Waals surface area contributed by atoms with Crippen molar-refractivity contribution in [1.82, 2.24) is 0 Å². The van der Waals surface area contributed by atoms with Crippen LogP contribution in [-0.2, 0) is 9.53 Å². The average molecular weight is 341 g/mol. The molecular weight excluding hydrogens is 304 g/mol. The zero-order valence-corrected chi connectivity index (χ0v) is 16.0. The van der Waals surface area contributed by atoms with E-state index in [0.29, 0.717) is 24.2 Å². The van der Waals surface area contributed by atoms with Gasteiger partial charge in [-0.2, -0.15) is 0 Å². The highest BCUT2D eigenvalue weighted by molar-refractivity contribution is 5.66. The van der Waals surface area contributed by atoms with Crippen LogP contribution >= 0.6 is 0 Å². The summed E-state index contributed by atoms with van der Waals surface area (Å²) < 4.78 is 5.63. The summed E-state index contributed by atoms with van der Waals surface area (Å²) in [6.45, 7) is 9.51. The van der Waals surface area contributed by atoms with Crippen molar-refractivity contribution in [3.05, 3.63) is 0 Å². The zero-order valence-electron chi connectivity index (χ0n) is 16.0. The van der Waals surface area contributed by atoms with Gasteiger partial charge in [-0.05, 0) is 76.0 Å². The second-order valence-corrected chi connectivity index (χ2v) is 9.06. The number of hydrogen-bond acceptors (Lipinski definition) is 4. The summed E-state index contributed by atoms with van der Waals surface area (Å²) in [6.07, 6.45) is 6.62.